The smallest absolute Gasteiger partial charge is 0.222 e. The van der Waals surface area contributed by atoms with E-state index in [1.54, 1.807) is 13.3 Å². The van der Waals surface area contributed by atoms with Crippen molar-refractivity contribution in [3.8, 4) is 11.1 Å². The van der Waals surface area contributed by atoms with Crippen LogP contribution in [0.4, 0.5) is 11.8 Å². The summed E-state index contributed by atoms with van der Waals surface area (Å²) in [4.78, 5) is 8.35. The van der Waals surface area contributed by atoms with Crippen molar-refractivity contribution >= 4 is 22.7 Å². The number of nitrogens with two attached hydrogens (primary N) is 2. The Kier molecular flexibility index (Phi) is 3.19. The van der Waals surface area contributed by atoms with Crippen molar-refractivity contribution in [2.45, 2.75) is 13.0 Å². The van der Waals surface area contributed by atoms with Crippen LogP contribution in [0.3, 0.4) is 0 Å². The third-order valence-electron chi connectivity index (χ3n) is 3.45. The minimum Gasteiger partial charge on any atom is -0.383 e. The average molecular weight is 284 g/mol. The van der Waals surface area contributed by atoms with Crippen molar-refractivity contribution in [1.29, 1.82) is 0 Å². The van der Waals surface area contributed by atoms with Crippen molar-refractivity contribution in [3.63, 3.8) is 0 Å². The number of aromatic nitrogens is 4. The number of nitrogens with zero attached hydrogens (tertiary/aromatic N) is 3. The molecule has 0 bridgehead atoms. The van der Waals surface area contributed by atoms with E-state index in [9.17, 15) is 0 Å². The molecule has 2 heterocycles. The van der Waals surface area contributed by atoms with Gasteiger partial charge in [0.05, 0.1) is 23.5 Å². The summed E-state index contributed by atoms with van der Waals surface area (Å²) in [7, 11) is 1.61. The summed E-state index contributed by atoms with van der Waals surface area (Å²) in [6.07, 6.45) is 1.51. The maximum atomic E-state index is 6.06. The van der Waals surface area contributed by atoms with Gasteiger partial charge >= 0.3 is 0 Å². The number of hydrogen-bond acceptors (Lipinski definition) is 6. The summed E-state index contributed by atoms with van der Waals surface area (Å²) in [5.41, 5.74) is 15.0. The summed E-state index contributed by atoms with van der Waals surface area (Å²) < 4.78 is 5.36. The van der Waals surface area contributed by atoms with E-state index in [-0.39, 0.29) is 12.1 Å². The largest absolute Gasteiger partial charge is 0.383 e. The molecule has 0 saturated carbocycles. The fourth-order valence-electron chi connectivity index (χ4n) is 2.31. The highest BCUT2D eigenvalue weighted by atomic mass is 16.5. The van der Waals surface area contributed by atoms with E-state index >= 15 is 0 Å². The molecule has 5 N–H and O–H groups in total. The van der Waals surface area contributed by atoms with Gasteiger partial charge in [-0.25, -0.2) is 4.98 Å². The third-order valence-corrected chi connectivity index (χ3v) is 3.45. The Morgan fingerprint density at radius 3 is 2.81 bits per heavy atom. The summed E-state index contributed by atoms with van der Waals surface area (Å²) in [5.74, 6) is 0.476. The summed E-state index contributed by atoms with van der Waals surface area (Å²) in [6.45, 7) is 1.89. The number of methoxy groups -OCH3 is 1. The molecule has 7 heteroatoms. The second-order valence-corrected chi connectivity index (χ2v) is 4.78. The molecule has 0 amide bonds. The van der Waals surface area contributed by atoms with Gasteiger partial charge in [-0.15, -0.1) is 0 Å². The number of fused-ring (bicyclic) bond motifs is 1. The van der Waals surface area contributed by atoms with E-state index in [0.717, 1.165) is 22.0 Å². The lowest BCUT2D eigenvalue weighted by Gasteiger charge is -2.16. The van der Waals surface area contributed by atoms with Crippen molar-refractivity contribution < 1.29 is 4.74 Å². The van der Waals surface area contributed by atoms with Gasteiger partial charge in [-0.1, -0.05) is 6.07 Å². The first kappa shape index (κ1) is 13.3. The number of hydrogen-bond donors (Lipinski definition) is 3. The first-order valence-corrected chi connectivity index (χ1v) is 6.49. The standard InChI is InChI=1S/C14H16N6O/c1-7(21-2)12-11(13(15)19-14(16)18-12)8-3-4-10-9(5-8)6-17-20-10/h3-7H,1-2H3,(H,17,20)(H4,15,16,18,19). The van der Waals surface area contributed by atoms with Crippen LogP contribution >= 0.6 is 0 Å². The van der Waals surface area contributed by atoms with Gasteiger partial charge in [0.15, 0.2) is 0 Å². The van der Waals surface area contributed by atoms with E-state index < -0.39 is 0 Å². The fourth-order valence-corrected chi connectivity index (χ4v) is 2.31. The fraction of sp³-hybridized carbons (Fsp3) is 0.214. The lowest BCUT2D eigenvalue weighted by Crippen LogP contribution is -2.10. The Hall–Kier alpha value is -2.67. The summed E-state index contributed by atoms with van der Waals surface area (Å²) in [5, 5.41) is 7.91. The molecule has 108 valence electrons. The molecule has 1 aromatic carbocycles. The first-order valence-electron chi connectivity index (χ1n) is 6.49. The Morgan fingerprint density at radius 2 is 2.05 bits per heavy atom. The van der Waals surface area contributed by atoms with E-state index in [4.69, 9.17) is 16.2 Å². The van der Waals surface area contributed by atoms with Crippen molar-refractivity contribution in [2.24, 2.45) is 0 Å². The van der Waals surface area contributed by atoms with E-state index in [1.807, 2.05) is 25.1 Å². The normalized spacial score (nSPS) is 12.7. The Bertz CT molecular complexity index is 797. The van der Waals surface area contributed by atoms with Gasteiger partial charge in [-0.05, 0) is 24.6 Å². The molecule has 0 radical (unpaired) electrons. The minimum atomic E-state index is -0.243. The number of nitrogen functional groups attached to an aromatic ring is 2. The van der Waals surface area contributed by atoms with Crippen molar-refractivity contribution in [1.82, 2.24) is 20.2 Å². The molecule has 0 spiro atoms. The van der Waals surface area contributed by atoms with Gasteiger partial charge in [0.25, 0.3) is 0 Å². The van der Waals surface area contributed by atoms with E-state index in [1.165, 1.54) is 0 Å². The monoisotopic (exact) mass is 284 g/mol. The Balaban J connectivity index is 2.24. The maximum absolute atomic E-state index is 6.06. The van der Waals surface area contributed by atoms with Crippen molar-refractivity contribution in [2.75, 3.05) is 18.6 Å². The third kappa shape index (κ3) is 2.27. The Morgan fingerprint density at radius 1 is 1.24 bits per heavy atom. The highest BCUT2D eigenvalue weighted by Gasteiger charge is 2.19. The predicted molar refractivity (Wildman–Crippen MR) is 81.4 cm³/mol. The Labute approximate surface area is 121 Å². The van der Waals surface area contributed by atoms with E-state index in [2.05, 4.69) is 20.2 Å². The van der Waals surface area contributed by atoms with Gasteiger partial charge in [0, 0.05) is 18.1 Å². The highest BCUT2D eigenvalue weighted by molar-refractivity contribution is 5.87. The van der Waals surface area contributed by atoms with Crippen molar-refractivity contribution in [3.05, 3.63) is 30.1 Å². The van der Waals surface area contributed by atoms with E-state index in [0.29, 0.717) is 11.5 Å². The predicted octanol–water partition coefficient (Wildman–Crippen LogP) is 1.89. The number of anilines is 2. The van der Waals surface area contributed by atoms with Crippen LogP contribution in [-0.4, -0.2) is 27.3 Å². The first-order chi connectivity index (χ1) is 10.1. The number of benzene rings is 1. The molecule has 0 fully saturated rings. The van der Waals surface area contributed by atoms with Crippen LogP contribution in [0.2, 0.25) is 0 Å². The summed E-state index contributed by atoms with van der Waals surface area (Å²) in [6, 6.07) is 5.86. The summed E-state index contributed by atoms with van der Waals surface area (Å²) >= 11 is 0. The number of ether oxygens (including phenoxy) is 1. The molecule has 3 rings (SSSR count). The topological polar surface area (TPSA) is 116 Å². The molecule has 0 aliphatic heterocycles. The minimum absolute atomic E-state index is 0.138. The molecule has 21 heavy (non-hydrogen) atoms. The van der Waals surface area contributed by atoms with Crippen LogP contribution in [0.15, 0.2) is 24.4 Å². The maximum Gasteiger partial charge on any atom is 0.222 e. The van der Waals surface area contributed by atoms with Gasteiger partial charge < -0.3 is 16.2 Å². The molecule has 7 nitrogen and oxygen atoms in total. The molecule has 0 aliphatic carbocycles. The van der Waals surface area contributed by atoms with Gasteiger partial charge in [0.1, 0.15) is 5.82 Å². The lowest BCUT2D eigenvalue weighted by molar-refractivity contribution is 0.116. The lowest BCUT2D eigenvalue weighted by atomic mass is 10.0. The number of H-pyrrole nitrogens is 1. The van der Waals surface area contributed by atoms with Gasteiger partial charge in [0.2, 0.25) is 5.95 Å². The van der Waals surface area contributed by atoms with Gasteiger partial charge in [-0.3, -0.25) is 5.10 Å². The van der Waals surface area contributed by atoms with Crippen LogP contribution in [0.5, 0.6) is 0 Å². The second kappa shape index (κ2) is 5.02. The molecule has 3 aromatic rings. The number of rotatable bonds is 3. The molecule has 2 aromatic heterocycles. The van der Waals surface area contributed by atoms with Gasteiger partial charge in [-0.2, -0.15) is 10.1 Å². The number of aromatic amines is 1. The zero-order valence-corrected chi connectivity index (χ0v) is 11.8. The molecule has 1 atom stereocenters. The molecular weight excluding hydrogens is 268 g/mol. The molecular formula is C14H16N6O. The van der Waals surface area contributed by atoms with Crippen LogP contribution in [-0.2, 0) is 4.74 Å². The molecule has 0 aliphatic rings. The molecule has 1 unspecified atom stereocenters. The zero-order valence-electron chi connectivity index (χ0n) is 11.8. The molecule has 0 saturated heterocycles. The van der Waals surface area contributed by atoms with Crippen LogP contribution in [0, 0.1) is 0 Å². The number of nitrogens with one attached hydrogen (secondary N) is 1. The average Bonchev–Trinajstić information content (AvgIpc) is 2.92. The van der Waals surface area contributed by atoms with Crippen LogP contribution in [0.25, 0.3) is 22.0 Å². The zero-order chi connectivity index (χ0) is 15.0. The second-order valence-electron chi connectivity index (χ2n) is 4.78. The van der Waals surface area contributed by atoms with Crippen LogP contribution in [0.1, 0.15) is 18.7 Å². The SMILES string of the molecule is COC(C)c1nc(N)nc(N)c1-c1ccc2[nH]ncc2c1. The van der Waals surface area contributed by atoms with Crippen LogP contribution < -0.4 is 11.5 Å². The quantitative estimate of drug-likeness (QED) is 0.676. The highest BCUT2D eigenvalue weighted by Crippen LogP contribution is 2.34.